The molecule has 0 saturated carbocycles. The second-order valence-corrected chi connectivity index (χ2v) is 19.7. The average Bonchev–Trinajstić information content (AvgIpc) is 3.63. The van der Waals surface area contributed by atoms with Crippen LogP contribution in [0.25, 0.3) is 0 Å². The van der Waals surface area contributed by atoms with Gasteiger partial charge in [-0.05, 0) is 57.6 Å². The molecule has 2 aliphatic heterocycles. The summed E-state index contributed by atoms with van der Waals surface area (Å²) in [7, 11) is 0. The van der Waals surface area contributed by atoms with Gasteiger partial charge in [-0.25, -0.2) is 9.59 Å². The summed E-state index contributed by atoms with van der Waals surface area (Å²) in [6.07, 6.45) is -10.4. The Labute approximate surface area is 473 Å². The highest BCUT2D eigenvalue weighted by atomic mass is 16.8. The maximum Gasteiger partial charge on any atom is 0.338 e. The number of benzene rings is 8. The Hall–Kier alpha value is -7.66. The second kappa shape index (κ2) is 29.7. The van der Waals surface area contributed by atoms with E-state index in [9.17, 15) is 9.59 Å². The number of hydrogen-bond donors (Lipinski definition) is 0. The van der Waals surface area contributed by atoms with Crippen LogP contribution in [-0.2, 0) is 91.7 Å². The van der Waals surface area contributed by atoms with Crippen LogP contribution in [0.4, 0.5) is 0 Å². The van der Waals surface area contributed by atoms with Gasteiger partial charge in [0.15, 0.2) is 12.6 Å². The molecule has 0 amide bonds. The van der Waals surface area contributed by atoms with E-state index in [2.05, 4.69) is 0 Å². The van der Waals surface area contributed by atoms with Gasteiger partial charge < -0.3 is 52.1 Å². The minimum atomic E-state index is -1.33. The van der Waals surface area contributed by atoms with Gasteiger partial charge in [-0.1, -0.05) is 218 Å². The summed E-state index contributed by atoms with van der Waals surface area (Å²) in [5, 5.41) is 0. The smallest absolute Gasteiger partial charge is 0.338 e. The summed E-state index contributed by atoms with van der Waals surface area (Å²) in [6, 6.07) is 76.2. The molecule has 81 heavy (non-hydrogen) atoms. The molecule has 0 N–H and O–H groups in total. The predicted molar refractivity (Wildman–Crippen MR) is 302 cm³/mol. The SMILES string of the molecule is O=C(OCC1O[C@H](O[C@H]2OC(COC(=O)c3ccccc3)[C@@H](OCc3ccccc3)C(OCc3ccccc3)C2OCc2ccccc2)C(OCc2ccccc2)C(OCc2ccccc2)[C@@H]1OCc1ccccc1)c1ccccc1. The molecule has 10 atom stereocenters. The van der Waals surface area contributed by atoms with Gasteiger partial charge in [0.05, 0.1) is 50.8 Å². The predicted octanol–water partition coefficient (Wildman–Crippen LogP) is 11.7. The Bertz CT molecular complexity index is 2860. The van der Waals surface area contributed by atoms with Crippen LogP contribution in [0, 0.1) is 0 Å². The van der Waals surface area contributed by atoms with E-state index < -0.39 is 73.4 Å². The van der Waals surface area contributed by atoms with Crippen LogP contribution in [-0.4, -0.2) is 86.6 Å². The van der Waals surface area contributed by atoms with Crippen molar-refractivity contribution in [2.45, 2.75) is 101 Å². The maximum absolute atomic E-state index is 13.8. The van der Waals surface area contributed by atoms with Gasteiger partial charge in [0.25, 0.3) is 0 Å². The first kappa shape index (κ1) is 56.6. The molecule has 10 rings (SSSR count). The van der Waals surface area contributed by atoms with Crippen LogP contribution >= 0.6 is 0 Å². The van der Waals surface area contributed by atoms with Crippen molar-refractivity contribution in [1.29, 1.82) is 0 Å². The van der Waals surface area contributed by atoms with Crippen molar-refractivity contribution in [3.63, 3.8) is 0 Å². The summed E-state index contributed by atoms with van der Waals surface area (Å²) in [4.78, 5) is 27.7. The van der Waals surface area contributed by atoms with E-state index in [0.717, 1.165) is 33.4 Å². The lowest BCUT2D eigenvalue weighted by molar-refractivity contribution is -0.393. The number of carbonyl (C=O) groups is 2. The first-order valence-corrected chi connectivity index (χ1v) is 27.3. The van der Waals surface area contributed by atoms with Crippen molar-refractivity contribution < 1.29 is 61.7 Å². The molecular formula is C68H66O13. The Balaban J connectivity index is 1.06. The van der Waals surface area contributed by atoms with Gasteiger partial charge in [-0.2, -0.15) is 0 Å². The van der Waals surface area contributed by atoms with Crippen molar-refractivity contribution in [2.75, 3.05) is 13.2 Å². The molecule has 13 nitrogen and oxygen atoms in total. The first-order valence-electron chi connectivity index (χ1n) is 27.3. The lowest BCUT2D eigenvalue weighted by Gasteiger charge is -2.49. The van der Waals surface area contributed by atoms with Crippen LogP contribution in [0.1, 0.15) is 54.1 Å². The van der Waals surface area contributed by atoms with Crippen LogP contribution < -0.4 is 0 Å². The van der Waals surface area contributed by atoms with Crippen molar-refractivity contribution >= 4 is 11.9 Å². The van der Waals surface area contributed by atoms with Crippen molar-refractivity contribution in [3.05, 3.63) is 287 Å². The van der Waals surface area contributed by atoms with Crippen molar-refractivity contribution in [3.8, 4) is 0 Å². The normalized spacial score (nSPS) is 22.6. The van der Waals surface area contributed by atoms with Gasteiger partial charge in [0.2, 0.25) is 0 Å². The Morgan fingerprint density at radius 1 is 0.284 bits per heavy atom. The summed E-state index contributed by atoms with van der Waals surface area (Å²) in [5.41, 5.74) is 6.08. The highest BCUT2D eigenvalue weighted by Crippen LogP contribution is 2.37. The highest BCUT2D eigenvalue weighted by Gasteiger charge is 2.55. The molecule has 2 fully saturated rings. The molecule has 0 spiro atoms. The maximum atomic E-state index is 13.8. The van der Waals surface area contributed by atoms with Gasteiger partial charge in [-0.3, -0.25) is 0 Å². The lowest BCUT2D eigenvalue weighted by Crippen LogP contribution is -2.66. The monoisotopic (exact) mass is 1090 g/mol. The van der Waals surface area contributed by atoms with Gasteiger partial charge in [-0.15, -0.1) is 0 Å². The van der Waals surface area contributed by atoms with E-state index in [1.807, 2.05) is 194 Å². The Morgan fingerprint density at radius 3 is 0.765 bits per heavy atom. The molecule has 0 bridgehead atoms. The zero-order valence-corrected chi connectivity index (χ0v) is 44.8. The Kier molecular flexibility index (Phi) is 20.8. The zero-order chi connectivity index (χ0) is 55.3. The summed E-state index contributed by atoms with van der Waals surface area (Å²) in [6.45, 7) is 0.338. The quantitative estimate of drug-likeness (QED) is 0.0476. The minimum Gasteiger partial charge on any atom is -0.459 e. The van der Waals surface area contributed by atoms with E-state index in [4.69, 9.17) is 52.1 Å². The molecule has 416 valence electrons. The highest BCUT2D eigenvalue weighted by molar-refractivity contribution is 5.89. The van der Waals surface area contributed by atoms with E-state index in [1.54, 1.807) is 48.5 Å². The third-order valence-corrected chi connectivity index (χ3v) is 13.9. The molecule has 8 aromatic rings. The second-order valence-electron chi connectivity index (χ2n) is 19.7. The van der Waals surface area contributed by atoms with Crippen LogP contribution in [0.3, 0.4) is 0 Å². The standard InChI is InChI=1S/C68H66O13/c69-65(55-37-21-7-22-38-55)77-47-57-59(71-41-49-25-9-1-10-26-49)61(73-43-51-29-13-3-14-30-51)63(75-45-53-33-17-5-18-34-53)67(79-57)81-68-64(76-46-54-35-19-6-20-36-54)62(74-44-52-31-15-4-16-32-52)60(72-42-50-27-11-2-12-28-50)58(80-68)48-78-66(70)56-39-23-8-24-40-56/h1-40,57-64,67-68H,41-48H2/t57?,58?,59-,60-,61?,62?,63?,64?,67-,68-/m1/s1. The van der Waals surface area contributed by atoms with Gasteiger partial charge >= 0.3 is 11.9 Å². The molecule has 6 unspecified atom stereocenters. The number of rotatable bonds is 26. The lowest BCUT2D eigenvalue weighted by atomic mass is 9.96. The number of hydrogen-bond acceptors (Lipinski definition) is 13. The Morgan fingerprint density at radius 2 is 0.506 bits per heavy atom. The average molecular weight is 1090 g/mol. The van der Waals surface area contributed by atoms with E-state index in [1.165, 1.54) is 0 Å². The molecule has 2 saturated heterocycles. The fraction of sp³-hybridized carbons (Fsp3) is 0.265. The fourth-order valence-electron chi connectivity index (χ4n) is 9.74. The van der Waals surface area contributed by atoms with E-state index in [-0.39, 0.29) is 52.9 Å². The molecule has 13 heteroatoms. The molecule has 0 aliphatic carbocycles. The van der Waals surface area contributed by atoms with Crippen molar-refractivity contribution in [1.82, 2.24) is 0 Å². The zero-order valence-electron chi connectivity index (χ0n) is 44.8. The largest absolute Gasteiger partial charge is 0.459 e. The van der Waals surface area contributed by atoms with Crippen LogP contribution in [0.2, 0.25) is 0 Å². The minimum absolute atomic E-state index is 0.120. The molecule has 2 heterocycles. The third kappa shape index (κ3) is 16.3. The topological polar surface area (TPSA) is 136 Å². The van der Waals surface area contributed by atoms with Crippen LogP contribution in [0.5, 0.6) is 0 Å². The van der Waals surface area contributed by atoms with Crippen molar-refractivity contribution in [2.24, 2.45) is 0 Å². The van der Waals surface area contributed by atoms with E-state index >= 15 is 0 Å². The summed E-state index contributed by atoms with van der Waals surface area (Å²) < 4.78 is 75.8. The van der Waals surface area contributed by atoms with Gasteiger partial charge in [0.1, 0.15) is 62.0 Å². The summed E-state index contributed by atoms with van der Waals surface area (Å²) in [5.74, 6) is -1.11. The molecule has 0 radical (unpaired) electrons. The molecular weight excluding hydrogens is 1020 g/mol. The fourth-order valence-corrected chi connectivity index (χ4v) is 9.74. The van der Waals surface area contributed by atoms with Gasteiger partial charge in [0, 0.05) is 0 Å². The molecule has 0 aromatic heterocycles. The molecule has 8 aromatic carbocycles. The number of esters is 2. The first-order chi connectivity index (χ1) is 40.0. The number of carbonyl (C=O) groups excluding carboxylic acids is 2. The third-order valence-electron chi connectivity index (χ3n) is 13.9. The molecule has 2 aliphatic rings. The number of ether oxygens (including phenoxy) is 11. The summed E-state index contributed by atoms with van der Waals surface area (Å²) >= 11 is 0. The van der Waals surface area contributed by atoms with Crippen LogP contribution in [0.15, 0.2) is 243 Å². The van der Waals surface area contributed by atoms with E-state index in [0.29, 0.717) is 11.1 Å².